The SMILES string of the molecule is Cc1cnc(Nc2ccc3c(c2)OCCC3)nc1-n1ccc(C(=O)NC(CO)c2ccccc2)c1. The molecule has 8 heteroatoms. The van der Waals surface area contributed by atoms with Crippen LogP contribution in [0.1, 0.15) is 39.5 Å². The first kappa shape index (κ1) is 22.6. The Morgan fingerprint density at radius 2 is 2.06 bits per heavy atom. The third-order valence-corrected chi connectivity index (χ3v) is 6.01. The van der Waals surface area contributed by atoms with Crippen LogP contribution in [0.2, 0.25) is 0 Å². The molecule has 2 aromatic carbocycles. The topological polar surface area (TPSA) is 101 Å². The number of aromatic nitrogens is 3. The molecule has 1 amide bonds. The fraction of sp³-hybridized carbons (Fsp3) is 0.222. The Bertz CT molecular complexity index is 1340. The fourth-order valence-corrected chi connectivity index (χ4v) is 4.13. The number of hydrogen-bond donors (Lipinski definition) is 3. The van der Waals surface area contributed by atoms with E-state index >= 15 is 0 Å². The largest absolute Gasteiger partial charge is 0.493 e. The Morgan fingerprint density at radius 1 is 1.20 bits per heavy atom. The maximum atomic E-state index is 12.8. The van der Waals surface area contributed by atoms with E-state index in [0.29, 0.717) is 17.3 Å². The second-order valence-corrected chi connectivity index (χ2v) is 8.53. The standard InChI is InChI=1S/C27H27N5O3/c1-18-15-28-27(29-22-10-9-20-8-5-13-35-24(20)14-22)31-25(18)32-12-11-21(16-32)26(34)30-23(17-33)19-6-3-2-4-7-19/h2-4,6-7,9-12,14-16,23,33H,5,8,13,17H2,1H3,(H,30,34)(H,28,29,31). The molecule has 2 aromatic heterocycles. The van der Waals surface area contributed by atoms with Crippen LogP contribution in [0.5, 0.6) is 5.75 Å². The van der Waals surface area contributed by atoms with Crippen molar-refractivity contribution in [2.75, 3.05) is 18.5 Å². The van der Waals surface area contributed by atoms with Gasteiger partial charge in [0.1, 0.15) is 11.6 Å². The molecule has 0 saturated heterocycles. The summed E-state index contributed by atoms with van der Waals surface area (Å²) < 4.78 is 7.56. The van der Waals surface area contributed by atoms with Crippen molar-refractivity contribution in [1.29, 1.82) is 0 Å². The minimum atomic E-state index is -0.482. The van der Waals surface area contributed by atoms with Crippen molar-refractivity contribution in [1.82, 2.24) is 19.9 Å². The zero-order chi connectivity index (χ0) is 24.2. The van der Waals surface area contributed by atoms with Crippen LogP contribution < -0.4 is 15.4 Å². The van der Waals surface area contributed by atoms with Gasteiger partial charge in [-0.2, -0.15) is 4.98 Å². The Kier molecular flexibility index (Phi) is 6.45. The van der Waals surface area contributed by atoms with Crippen molar-refractivity contribution in [3.05, 3.63) is 95.4 Å². The number of amides is 1. The first-order valence-electron chi connectivity index (χ1n) is 11.6. The van der Waals surface area contributed by atoms with Gasteiger partial charge in [0.15, 0.2) is 0 Å². The molecule has 0 radical (unpaired) electrons. The lowest BCUT2D eigenvalue weighted by Gasteiger charge is -2.18. The van der Waals surface area contributed by atoms with Gasteiger partial charge in [0.2, 0.25) is 5.95 Å². The van der Waals surface area contributed by atoms with Crippen LogP contribution in [0.3, 0.4) is 0 Å². The predicted octanol–water partition coefficient (Wildman–Crippen LogP) is 4.11. The molecule has 1 aliphatic heterocycles. The summed E-state index contributed by atoms with van der Waals surface area (Å²) >= 11 is 0. The third-order valence-electron chi connectivity index (χ3n) is 6.01. The minimum absolute atomic E-state index is 0.190. The van der Waals surface area contributed by atoms with Crippen LogP contribution >= 0.6 is 0 Å². The van der Waals surface area contributed by atoms with Crippen molar-refractivity contribution in [3.8, 4) is 11.6 Å². The fourth-order valence-electron chi connectivity index (χ4n) is 4.13. The summed E-state index contributed by atoms with van der Waals surface area (Å²) in [6, 6.07) is 16.7. The molecule has 0 aliphatic carbocycles. The molecule has 0 saturated carbocycles. The number of aryl methyl sites for hydroxylation is 2. The van der Waals surface area contributed by atoms with Gasteiger partial charge in [-0.15, -0.1) is 0 Å². The number of fused-ring (bicyclic) bond motifs is 1. The normalized spacial score (nSPS) is 13.4. The zero-order valence-corrected chi connectivity index (χ0v) is 19.4. The second-order valence-electron chi connectivity index (χ2n) is 8.53. The Labute approximate surface area is 203 Å². The lowest BCUT2D eigenvalue weighted by atomic mass is 10.1. The quantitative estimate of drug-likeness (QED) is 0.377. The Balaban J connectivity index is 1.33. The first-order valence-corrected chi connectivity index (χ1v) is 11.6. The number of nitrogens with zero attached hydrogens (tertiary/aromatic N) is 3. The summed E-state index contributed by atoms with van der Waals surface area (Å²) in [5.74, 6) is 1.74. The van der Waals surface area contributed by atoms with E-state index in [1.165, 1.54) is 5.56 Å². The van der Waals surface area contributed by atoms with E-state index < -0.39 is 6.04 Å². The van der Waals surface area contributed by atoms with Crippen molar-refractivity contribution >= 4 is 17.5 Å². The Morgan fingerprint density at radius 3 is 2.89 bits per heavy atom. The van der Waals surface area contributed by atoms with E-state index in [1.54, 1.807) is 29.2 Å². The number of rotatable bonds is 7. The lowest BCUT2D eigenvalue weighted by molar-refractivity contribution is 0.0916. The third kappa shape index (κ3) is 5.02. The molecule has 1 unspecified atom stereocenters. The van der Waals surface area contributed by atoms with Crippen molar-refractivity contribution < 1.29 is 14.6 Å². The second kappa shape index (κ2) is 9.99. The zero-order valence-electron chi connectivity index (χ0n) is 19.4. The van der Waals surface area contributed by atoms with Crippen LogP contribution in [0.4, 0.5) is 11.6 Å². The van der Waals surface area contributed by atoms with Gasteiger partial charge < -0.3 is 25.0 Å². The molecule has 178 valence electrons. The number of ether oxygens (including phenoxy) is 1. The highest BCUT2D eigenvalue weighted by atomic mass is 16.5. The van der Waals surface area contributed by atoms with Crippen molar-refractivity contribution in [2.24, 2.45) is 0 Å². The average molecular weight is 470 g/mol. The number of anilines is 2. The van der Waals surface area contributed by atoms with Gasteiger partial charge in [0.25, 0.3) is 5.91 Å². The molecule has 3 heterocycles. The van der Waals surface area contributed by atoms with Crippen LogP contribution in [-0.2, 0) is 6.42 Å². The summed E-state index contributed by atoms with van der Waals surface area (Å²) in [6.45, 7) is 2.46. The van der Waals surface area contributed by atoms with E-state index in [0.717, 1.165) is 42.0 Å². The molecule has 5 rings (SSSR count). The highest BCUT2D eigenvalue weighted by Gasteiger charge is 2.17. The molecular formula is C27H27N5O3. The average Bonchev–Trinajstić information content (AvgIpc) is 3.39. The number of hydrogen-bond acceptors (Lipinski definition) is 6. The van der Waals surface area contributed by atoms with Gasteiger partial charge in [-0.3, -0.25) is 4.79 Å². The number of aliphatic hydroxyl groups is 1. The van der Waals surface area contributed by atoms with E-state index in [-0.39, 0.29) is 12.5 Å². The summed E-state index contributed by atoms with van der Waals surface area (Å²) in [6.07, 6.45) is 7.32. The molecule has 0 fully saturated rings. The van der Waals surface area contributed by atoms with E-state index in [1.807, 2.05) is 49.4 Å². The molecular weight excluding hydrogens is 442 g/mol. The molecule has 4 aromatic rings. The van der Waals surface area contributed by atoms with E-state index in [4.69, 9.17) is 4.74 Å². The lowest BCUT2D eigenvalue weighted by Crippen LogP contribution is -2.30. The molecule has 0 bridgehead atoms. The Hall–Kier alpha value is -4.17. The van der Waals surface area contributed by atoms with Crippen LogP contribution in [-0.4, -0.2) is 38.8 Å². The van der Waals surface area contributed by atoms with Crippen LogP contribution in [0, 0.1) is 6.92 Å². The summed E-state index contributed by atoms with van der Waals surface area (Å²) in [5, 5.41) is 15.9. The number of nitrogens with one attached hydrogen (secondary N) is 2. The van der Waals surface area contributed by atoms with Gasteiger partial charge in [-0.25, -0.2) is 4.98 Å². The van der Waals surface area contributed by atoms with E-state index in [2.05, 4.69) is 26.7 Å². The summed E-state index contributed by atoms with van der Waals surface area (Å²) in [5.41, 5.74) is 4.24. The van der Waals surface area contributed by atoms with Gasteiger partial charge in [-0.05, 0) is 43.0 Å². The maximum Gasteiger partial charge on any atom is 0.253 e. The molecule has 8 nitrogen and oxygen atoms in total. The van der Waals surface area contributed by atoms with Gasteiger partial charge in [-0.1, -0.05) is 36.4 Å². The first-order chi connectivity index (χ1) is 17.1. The number of benzene rings is 2. The highest BCUT2D eigenvalue weighted by Crippen LogP contribution is 2.29. The van der Waals surface area contributed by atoms with Crippen LogP contribution in [0.25, 0.3) is 5.82 Å². The van der Waals surface area contributed by atoms with E-state index in [9.17, 15) is 9.90 Å². The molecule has 3 N–H and O–H groups in total. The van der Waals surface area contributed by atoms with Crippen molar-refractivity contribution in [3.63, 3.8) is 0 Å². The maximum absolute atomic E-state index is 12.8. The number of carbonyl (C=O) groups is 1. The van der Waals surface area contributed by atoms with Gasteiger partial charge in [0, 0.05) is 35.9 Å². The molecule has 35 heavy (non-hydrogen) atoms. The van der Waals surface area contributed by atoms with Crippen LogP contribution in [0.15, 0.2) is 73.2 Å². The summed E-state index contributed by atoms with van der Waals surface area (Å²) in [4.78, 5) is 21.9. The van der Waals surface area contributed by atoms with Gasteiger partial charge in [0.05, 0.1) is 24.8 Å². The highest BCUT2D eigenvalue weighted by molar-refractivity contribution is 5.94. The minimum Gasteiger partial charge on any atom is -0.493 e. The number of carbonyl (C=O) groups excluding carboxylic acids is 1. The smallest absolute Gasteiger partial charge is 0.253 e. The van der Waals surface area contributed by atoms with Crippen molar-refractivity contribution in [2.45, 2.75) is 25.8 Å². The molecule has 0 spiro atoms. The number of aliphatic hydroxyl groups excluding tert-OH is 1. The monoisotopic (exact) mass is 469 g/mol. The molecule has 1 aliphatic rings. The van der Waals surface area contributed by atoms with Gasteiger partial charge >= 0.3 is 0 Å². The summed E-state index contributed by atoms with van der Waals surface area (Å²) in [7, 11) is 0. The predicted molar refractivity (Wildman–Crippen MR) is 133 cm³/mol. The molecule has 1 atom stereocenters.